The number of amides is 2. The number of carbonyl (C=O) groups is 2. The number of hydrogen-bond acceptors (Lipinski definition) is 4. The normalized spacial score (nSPS) is 18.9. The molecule has 2 amide bonds. The van der Waals surface area contributed by atoms with Gasteiger partial charge in [0.1, 0.15) is 12.3 Å². The highest BCUT2D eigenvalue weighted by Gasteiger charge is 2.30. The number of ether oxygens (including phenoxy) is 1. The van der Waals surface area contributed by atoms with Crippen LogP contribution in [0.4, 0.5) is 5.69 Å². The lowest BCUT2D eigenvalue weighted by molar-refractivity contribution is -0.131. The minimum absolute atomic E-state index is 0.00935. The lowest BCUT2D eigenvalue weighted by Gasteiger charge is -2.31. The third-order valence-electron chi connectivity index (χ3n) is 4.20. The van der Waals surface area contributed by atoms with Crippen molar-refractivity contribution in [2.75, 3.05) is 31.1 Å². The molecule has 1 saturated heterocycles. The Morgan fingerprint density at radius 2 is 2.09 bits per heavy atom. The Balaban J connectivity index is 1.86. The third kappa shape index (κ3) is 2.78. The first-order valence-corrected chi connectivity index (χ1v) is 7.67. The van der Waals surface area contributed by atoms with Crippen LogP contribution < -0.4 is 15.4 Å². The molecule has 2 aliphatic rings. The van der Waals surface area contributed by atoms with Crippen molar-refractivity contribution in [1.29, 1.82) is 0 Å². The molecule has 2 N–H and O–H groups in total. The minimum atomic E-state index is -0.193. The summed E-state index contributed by atoms with van der Waals surface area (Å²) in [5.74, 6) is 0.421. The maximum Gasteiger partial charge on any atom is 0.265 e. The van der Waals surface area contributed by atoms with E-state index in [4.69, 9.17) is 10.5 Å². The van der Waals surface area contributed by atoms with Gasteiger partial charge in [0, 0.05) is 19.1 Å². The lowest BCUT2D eigenvalue weighted by Crippen LogP contribution is -2.45. The predicted molar refractivity (Wildman–Crippen MR) is 82.7 cm³/mol. The first-order chi connectivity index (χ1) is 10.6. The molecule has 0 bridgehead atoms. The van der Waals surface area contributed by atoms with E-state index >= 15 is 0 Å². The highest BCUT2D eigenvalue weighted by molar-refractivity contribution is 6.02. The zero-order chi connectivity index (χ0) is 15.7. The molecule has 0 aromatic heterocycles. The molecule has 0 saturated carbocycles. The standard InChI is InChI=1S/C16H21N3O3/c1-11(17)12-4-5-14-13(8-12)19(16(21)10-22-14)9-15(20)18-6-2-3-7-18/h4-5,8,11H,2-3,6-7,9-10,17H2,1H3. The molecule has 118 valence electrons. The minimum Gasteiger partial charge on any atom is -0.482 e. The average molecular weight is 303 g/mol. The van der Waals surface area contributed by atoms with Gasteiger partial charge in [-0.25, -0.2) is 0 Å². The van der Waals surface area contributed by atoms with Crippen molar-refractivity contribution in [2.45, 2.75) is 25.8 Å². The quantitative estimate of drug-likeness (QED) is 0.905. The fraction of sp³-hybridized carbons (Fsp3) is 0.500. The molecular formula is C16H21N3O3. The zero-order valence-corrected chi connectivity index (χ0v) is 12.7. The molecule has 22 heavy (non-hydrogen) atoms. The van der Waals surface area contributed by atoms with E-state index in [9.17, 15) is 9.59 Å². The summed E-state index contributed by atoms with van der Waals surface area (Å²) in [6, 6.07) is 5.40. The molecule has 1 unspecified atom stereocenters. The Kier molecular flexibility index (Phi) is 4.02. The predicted octanol–water partition coefficient (Wildman–Crippen LogP) is 1.05. The smallest absolute Gasteiger partial charge is 0.265 e. The molecule has 1 fully saturated rings. The monoisotopic (exact) mass is 303 g/mol. The van der Waals surface area contributed by atoms with Crippen LogP contribution in [0.1, 0.15) is 31.4 Å². The van der Waals surface area contributed by atoms with Gasteiger partial charge in [-0.15, -0.1) is 0 Å². The van der Waals surface area contributed by atoms with Crippen LogP contribution in [-0.4, -0.2) is 43.0 Å². The van der Waals surface area contributed by atoms with Crippen LogP contribution >= 0.6 is 0 Å². The van der Waals surface area contributed by atoms with Gasteiger partial charge in [-0.3, -0.25) is 14.5 Å². The number of hydrogen-bond donors (Lipinski definition) is 1. The zero-order valence-electron chi connectivity index (χ0n) is 12.7. The van der Waals surface area contributed by atoms with Gasteiger partial charge >= 0.3 is 0 Å². The summed E-state index contributed by atoms with van der Waals surface area (Å²) in [5.41, 5.74) is 7.46. The van der Waals surface area contributed by atoms with E-state index in [0.29, 0.717) is 11.4 Å². The molecule has 0 aliphatic carbocycles. The Labute approximate surface area is 129 Å². The van der Waals surface area contributed by atoms with Gasteiger partial charge in [0.15, 0.2) is 6.61 Å². The number of likely N-dealkylation sites (tertiary alicyclic amines) is 1. The number of anilines is 1. The average Bonchev–Trinajstić information content (AvgIpc) is 3.04. The van der Waals surface area contributed by atoms with E-state index in [1.807, 2.05) is 30.0 Å². The van der Waals surface area contributed by atoms with Crippen LogP contribution in [0.25, 0.3) is 0 Å². The second-order valence-electron chi connectivity index (χ2n) is 5.87. The summed E-state index contributed by atoms with van der Waals surface area (Å²) < 4.78 is 5.45. The van der Waals surface area contributed by atoms with E-state index in [1.54, 1.807) is 0 Å². The van der Waals surface area contributed by atoms with Crippen LogP contribution in [0.5, 0.6) is 5.75 Å². The molecule has 6 nitrogen and oxygen atoms in total. The molecule has 1 atom stereocenters. The number of carbonyl (C=O) groups excluding carboxylic acids is 2. The third-order valence-corrected chi connectivity index (χ3v) is 4.20. The maximum absolute atomic E-state index is 12.4. The number of rotatable bonds is 3. The molecule has 0 spiro atoms. The van der Waals surface area contributed by atoms with Crippen LogP contribution in [0, 0.1) is 0 Å². The largest absolute Gasteiger partial charge is 0.482 e. The van der Waals surface area contributed by atoms with Crippen LogP contribution in [-0.2, 0) is 9.59 Å². The second-order valence-corrected chi connectivity index (χ2v) is 5.87. The van der Waals surface area contributed by atoms with Crippen molar-refractivity contribution in [1.82, 2.24) is 4.90 Å². The topological polar surface area (TPSA) is 75.9 Å². The van der Waals surface area contributed by atoms with Gasteiger partial charge < -0.3 is 15.4 Å². The summed E-state index contributed by atoms with van der Waals surface area (Å²) in [5, 5.41) is 0. The van der Waals surface area contributed by atoms with Gasteiger partial charge in [0.2, 0.25) is 5.91 Å². The first kappa shape index (κ1) is 14.8. The molecule has 1 aromatic rings. The van der Waals surface area contributed by atoms with E-state index < -0.39 is 0 Å². The van der Waals surface area contributed by atoms with Crippen molar-refractivity contribution in [3.8, 4) is 5.75 Å². The molecule has 3 rings (SSSR count). The summed E-state index contributed by atoms with van der Waals surface area (Å²) in [6.45, 7) is 3.48. The van der Waals surface area contributed by atoms with E-state index in [2.05, 4.69) is 0 Å². The van der Waals surface area contributed by atoms with Crippen molar-refractivity contribution in [2.24, 2.45) is 5.73 Å². The molecule has 2 heterocycles. The fourth-order valence-electron chi connectivity index (χ4n) is 2.88. The van der Waals surface area contributed by atoms with Gasteiger partial charge in [-0.1, -0.05) is 6.07 Å². The number of fused-ring (bicyclic) bond motifs is 1. The molecule has 1 aromatic carbocycles. The number of benzene rings is 1. The SMILES string of the molecule is CC(N)c1ccc2c(c1)N(CC(=O)N1CCCC1)C(=O)CO2. The number of nitrogens with two attached hydrogens (primary N) is 1. The van der Waals surface area contributed by atoms with Crippen LogP contribution in [0.2, 0.25) is 0 Å². The van der Waals surface area contributed by atoms with E-state index in [1.165, 1.54) is 4.90 Å². The van der Waals surface area contributed by atoms with Gasteiger partial charge in [-0.05, 0) is 37.5 Å². The summed E-state index contributed by atoms with van der Waals surface area (Å²) in [4.78, 5) is 27.9. The van der Waals surface area contributed by atoms with Gasteiger partial charge in [-0.2, -0.15) is 0 Å². The van der Waals surface area contributed by atoms with E-state index in [0.717, 1.165) is 31.5 Å². The Bertz CT molecular complexity index is 594. The van der Waals surface area contributed by atoms with Crippen molar-refractivity contribution >= 4 is 17.5 Å². The molecular weight excluding hydrogens is 282 g/mol. The van der Waals surface area contributed by atoms with E-state index in [-0.39, 0.29) is 31.0 Å². The summed E-state index contributed by atoms with van der Waals surface area (Å²) >= 11 is 0. The highest BCUT2D eigenvalue weighted by Crippen LogP contribution is 2.34. The maximum atomic E-state index is 12.4. The van der Waals surface area contributed by atoms with Gasteiger partial charge in [0.25, 0.3) is 5.91 Å². The van der Waals surface area contributed by atoms with Crippen LogP contribution in [0.15, 0.2) is 18.2 Å². The number of nitrogens with zero attached hydrogens (tertiary/aromatic N) is 2. The Morgan fingerprint density at radius 1 is 1.36 bits per heavy atom. The highest BCUT2D eigenvalue weighted by atomic mass is 16.5. The molecule has 6 heteroatoms. The fourth-order valence-corrected chi connectivity index (χ4v) is 2.88. The second kappa shape index (κ2) is 5.96. The molecule has 2 aliphatic heterocycles. The first-order valence-electron chi connectivity index (χ1n) is 7.67. The lowest BCUT2D eigenvalue weighted by atomic mass is 10.1. The summed E-state index contributed by atoms with van der Waals surface area (Å²) in [6.07, 6.45) is 2.07. The van der Waals surface area contributed by atoms with Crippen molar-refractivity contribution in [3.05, 3.63) is 23.8 Å². The van der Waals surface area contributed by atoms with Crippen molar-refractivity contribution in [3.63, 3.8) is 0 Å². The molecule has 0 radical (unpaired) electrons. The van der Waals surface area contributed by atoms with Gasteiger partial charge in [0.05, 0.1) is 5.69 Å². The summed E-state index contributed by atoms with van der Waals surface area (Å²) in [7, 11) is 0. The van der Waals surface area contributed by atoms with Crippen LogP contribution in [0.3, 0.4) is 0 Å². The Hall–Kier alpha value is -2.08. The van der Waals surface area contributed by atoms with Crippen molar-refractivity contribution < 1.29 is 14.3 Å². The Morgan fingerprint density at radius 3 is 2.77 bits per heavy atom.